The highest BCUT2D eigenvalue weighted by atomic mass is 35.5. The molecule has 0 N–H and O–H groups in total. The van der Waals surface area contributed by atoms with Crippen LogP contribution in [0.3, 0.4) is 0 Å². The Balaban J connectivity index is 1.90. The zero-order chi connectivity index (χ0) is 14.1. The maximum Gasteiger partial charge on any atom is 0.234 e. The topological polar surface area (TPSA) is 33.2 Å². The Hall–Kier alpha value is -1.87. The summed E-state index contributed by atoms with van der Waals surface area (Å²) in [5.41, 5.74) is 2.97. The number of aromatic nitrogens is 1. The number of carbonyl (C=O) groups is 1. The van der Waals surface area contributed by atoms with E-state index >= 15 is 0 Å². The molecule has 3 nitrogen and oxygen atoms in total. The number of halogens is 1. The van der Waals surface area contributed by atoms with Gasteiger partial charge in [0.1, 0.15) is 0 Å². The molecule has 2 aromatic rings. The Morgan fingerprint density at radius 3 is 2.95 bits per heavy atom. The summed E-state index contributed by atoms with van der Waals surface area (Å²) >= 11 is 6.01. The Morgan fingerprint density at radius 2 is 2.20 bits per heavy atom. The van der Waals surface area contributed by atoms with Crippen LogP contribution in [-0.4, -0.2) is 17.4 Å². The van der Waals surface area contributed by atoms with E-state index in [9.17, 15) is 4.79 Å². The van der Waals surface area contributed by atoms with Gasteiger partial charge in [-0.3, -0.25) is 9.78 Å². The van der Waals surface area contributed by atoms with Gasteiger partial charge in [0.2, 0.25) is 5.91 Å². The van der Waals surface area contributed by atoms with Crippen LogP contribution in [0.4, 0.5) is 5.69 Å². The molecule has 20 heavy (non-hydrogen) atoms. The highest BCUT2D eigenvalue weighted by Gasteiger charge is 2.34. The monoisotopic (exact) mass is 286 g/mol. The second kappa shape index (κ2) is 5.25. The summed E-state index contributed by atoms with van der Waals surface area (Å²) in [5, 5.41) is 0.673. The third-order valence-electron chi connectivity index (χ3n) is 3.76. The van der Waals surface area contributed by atoms with Gasteiger partial charge < -0.3 is 4.90 Å². The molecule has 4 heteroatoms. The van der Waals surface area contributed by atoms with Gasteiger partial charge in [-0.2, -0.15) is 0 Å². The zero-order valence-electron chi connectivity index (χ0n) is 11.2. The zero-order valence-corrected chi connectivity index (χ0v) is 12.0. The molecule has 1 atom stereocenters. The Kier molecular flexibility index (Phi) is 3.45. The van der Waals surface area contributed by atoms with E-state index in [-0.39, 0.29) is 11.8 Å². The van der Waals surface area contributed by atoms with Crippen molar-refractivity contribution in [1.82, 2.24) is 4.98 Å². The number of nitrogens with zero attached hydrogens (tertiary/aromatic N) is 2. The summed E-state index contributed by atoms with van der Waals surface area (Å²) < 4.78 is 0. The van der Waals surface area contributed by atoms with Crippen molar-refractivity contribution < 1.29 is 4.79 Å². The number of aryl methyl sites for hydroxylation is 1. The van der Waals surface area contributed by atoms with E-state index < -0.39 is 0 Å². The van der Waals surface area contributed by atoms with Crippen molar-refractivity contribution >= 4 is 23.2 Å². The number of carbonyl (C=O) groups excluding carboxylic acids is 1. The van der Waals surface area contributed by atoms with Gasteiger partial charge in [0.05, 0.1) is 17.8 Å². The third kappa shape index (κ3) is 2.29. The van der Waals surface area contributed by atoms with Crippen LogP contribution in [0.2, 0.25) is 5.02 Å². The van der Waals surface area contributed by atoms with Crippen molar-refractivity contribution in [2.75, 3.05) is 11.4 Å². The number of hydrogen-bond acceptors (Lipinski definition) is 2. The van der Waals surface area contributed by atoms with Crippen LogP contribution < -0.4 is 4.90 Å². The second-order valence-corrected chi connectivity index (χ2v) is 5.48. The number of amides is 1. The van der Waals surface area contributed by atoms with Gasteiger partial charge in [-0.1, -0.05) is 23.7 Å². The molecule has 1 aliphatic heterocycles. The first-order valence-electron chi connectivity index (χ1n) is 6.64. The molecular weight excluding hydrogens is 272 g/mol. The molecule has 1 aromatic heterocycles. The van der Waals surface area contributed by atoms with E-state index in [1.807, 2.05) is 42.2 Å². The van der Waals surface area contributed by atoms with Crippen LogP contribution >= 0.6 is 11.6 Å². The second-order valence-electron chi connectivity index (χ2n) is 5.05. The van der Waals surface area contributed by atoms with E-state index in [0.29, 0.717) is 5.02 Å². The average Bonchev–Trinajstić information content (AvgIpc) is 2.81. The van der Waals surface area contributed by atoms with Crippen LogP contribution in [0.5, 0.6) is 0 Å². The van der Waals surface area contributed by atoms with Gasteiger partial charge in [0.25, 0.3) is 0 Å². The van der Waals surface area contributed by atoms with Crippen LogP contribution in [0.15, 0.2) is 42.7 Å². The predicted molar refractivity (Wildman–Crippen MR) is 80.1 cm³/mol. The van der Waals surface area contributed by atoms with E-state index in [0.717, 1.165) is 29.8 Å². The lowest BCUT2D eigenvalue weighted by molar-refractivity contribution is -0.118. The Bertz CT molecular complexity index is 656. The molecule has 1 fully saturated rings. The van der Waals surface area contributed by atoms with Gasteiger partial charge in [0.15, 0.2) is 0 Å². The molecule has 1 aromatic carbocycles. The fourth-order valence-corrected chi connectivity index (χ4v) is 2.89. The van der Waals surface area contributed by atoms with Crippen LogP contribution in [0.1, 0.15) is 23.5 Å². The average molecular weight is 287 g/mol. The predicted octanol–water partition coefficient (Wildman–Crippen LogP) is 3.56. The fraction of sp³-hybridized carbons (Fsp3) is 0.250. The van der Waals surface area contributed by atoms with Gasteiger partial charge in [-0.05, 0) is 42.7 Å². The molecule has 0 bridgehead atoms. The minimum Gasteiger partial charge on any atom is -0.310 e. The van der Waals surface area contributed by atoms with Crippen LogP contribution in [0.25, 0.3) is 0 Å². The van der Waals surface area contributed by atoms with Crippen LogP contribution in [0, 0.1) is 6.92 Å². The highest BCUT2D eigenvalue weighted by Crippen LogP contribution is 2.33. The van der Waals surface area contributed by atoms with Gasteiger partial charge in [0, 0.05) is 17.8 Å². The van der Waals surface area contributed by atoms with Gasteiger partial charge >= 0.3 is 0 Å². The lowest BCUT2D eigenvalue weighted by Gasteiger charge is -2.18. The molecule has 0 spiro atoms. The number of pyridine rings is 1. The normalized spacial score (nSPS) is 18.6. The minimum absolute atomic E-state index is 0.103. The minimum atomic E-state index is -0.103. The molecule has 0 saturated carbocycles. The van der Waals surface area contributed by atoms with E-state index in [1.165, 1.54) is 0 Å². The summed E-state index contributed by atoms with van der Waals surface area (Å²) in [6, 6.07) is 9.49. The van der Waals surface area contributed by atoms with E-state index in [1.54, 1.807) is 12.4 Å². The number of anilines is 1. The maximum absolute atomic E-state index is 12.6. The van der Waals surface area contributed by atoms with Crippen LogP contribution in [-0.2, 0) is 4.79 Å². The molecule has 3 rings (SSSR count). The third-order valence-corrected chi connectivity index (χ3v) is 3.99. The first kappa shape index (κ1) is 13.1. The fourth-order valence-electron chi connectivity index (χ4n) is 2.69. The standard InChI is InChI=1S/C16H15ClN2O/c1-11-5-7-18-10-15(11)19-8-6-14(16(19)20)12-3-2-4-13(17)9-12/h2-5,7,9-10,14H,6,8H2,1H3. The summed E-state index contributed by atoms with van der Waals surface area (Å²) in [7, 11) is 0. The number of rotatable bonds is 2. The molecule has 2 heterocycles. The number of hydrogen-bond donors (Lipinski definition) is 0. The SMILES string of the molecule is Cc1ccncc1N1CCC(c2cccc(Cl)c2)C1=O. The highest BCUT2D eigenvalue weighted by molar-refractivity contribution is 6.30. The van der Waals surface area contributed by atoms with Crippen molar-refractivity contribution in [2.45, 2.75) is 19.3 Å². The summed E-state index contributed by atoms with van der Waals surface area (Å²) in [4.78, 5) is 18.6. The Labute approximate surface area is 123 Å². The molecule has 0 radical (unpaired) electrons. The molecular formula is C16H15ClN2O. The molecule has 1 unspecified atom stereocenters. The molecule has 1 amide bonds. The molecule has 0 aliphatic carbocycles. The van der Waals surface area contributed by atoms with Gasteiger partial charge in [-0.15, -0.1) is 0 Å². The number of benzene rings is 1. The lowest BCUT2D eigenvalue weighted by Crippen LogP contribution is -2.27. The van der Waals surface area contributed by atoms with Gasteiger partial charge in [-0.25, -0.2) is 0 Å². The first-order valence-corrected chi connectivity index (χ1v) is 7.02. The lowest BCUT2D eigenvalue weighted by atomic mass is 9.98. The summed E-state index contributed by atoms with van der Waals surface area (Å²) in [6.07, 6.45) is 4.31. The van der Waals surface area contributed by atoms with Crippen molar-refractivity contribution in [3.8, 4) is 0 Å². The van der Waals surface area contributed by atoms with E-state index in [2.05, 4.69) is 4.98 Å². The first-order chi connectivity index (χ1) is 9.66. The maximum atomic E-state index is 12.6. The van der Waals surface area contributed by atoms with Crippen molar-refractivity contribution in [2.24, 2.45) is 0 Å². The largest absolute Gasteiger partial charge is 0.310 e. The molecule has 102 valence electrons. The van der Waals surface area contributed by atoms with E-state index in [4.69, 9.17) is 11.6 Å². The smallest absolute Gasteiger partial charge is 0.234 e. The quantitative estimate of drug-likeness (QED) is 0.846. The molecule has 1 aliphatic rings. The summed E-state index contributed by atoms with van der Waals surface area (Å²) in [5.74, 6) is 0.0247. The van der Waals surface area contributed by atoms with Crippen molar-refractivity contribution in [3.63, 3.8) is 0 Å². The van der Waals surface area contributed by atoms with Crippen molar-refractivity contribution in [3.05, 3.63) is 58.9 Å². The molecule has 1 saturated heterocycles. The summed E-state index contributed by atoms with van der Waals surface area (Å²) in [6.45, 7) is 2.72. The Morgan fingerprint density at radius 1 is 1.35 bits per heavy atom. The van der Waals surface area contributed by atoms with Crippen molar-refractivity contribution in [1.29, 1.82) is 0 Å².